The molecule has 1 aromatic carbocycles. The lowest BCUT2D eigenvalue weighted by atomic mass is 9.90. The van der Waals surface area contributed by atoms with Crippen LogP contribution in [0.15, 0.2) is 24.3 Å². The molecule has 0 amide bonds. The lowest BCUT2D eigenvalue weighted by Gasteiger charge is -2.33. The SMILES string of the molecule is CCCc1nc(Cl)nc(NCc2cccc(C(F)(F)F)c2)c1CC.COC1(C(C)=O)CCOCC1. The quantitative estimate of drug-likeness (QED) is 0.432. The average molecular weight is 516 g/mol. The van der Waals surface area contributed by atoms with Crippen molar-refractivity contribution in [2.24, 2.45) is 0 Å². The summed E-state index contributed by atoms with van der Waals surface area (Å²) in [6, 6.07) is 5.23. The number of anilines is 1. The number of carbonyl (C=O) groups excluding carboxylic acids is 1. The Hall–Kier alpha value is -2.23. The highest BCUT2D eigenvalue weighted by molar-refractivity contribution is 6.28. The third kappa shape index (κ3) is 8.15. The molecule has 0 unspecified atom stereocenters. The first-order valence-corrected chi connectivity index (χ1v) is 12.0. The van der Waals surface area contributed by atoms with Gasteiger partial charge in [-0.05, 0) is 49.1 Å². The maximum atomic E-state index is 12.8. The van der Waals surface area contributed by atoms with Crippen molar-refractivity contribution in [2.75, 3.05) is 25.6 Å². The summed E-state index contributed by atoms with van der Waals surface area (Å²) in [6.45, 7) is 7.11. The van der Waals surface area contributed by atoms with Crippen molar-refractivity contribution in [3.63, 3.8) is 0 Å². The van der Waals surface area contributed by atoms with Gasteiger partial charge in [0.05, 0.1) is 11.3 Å². The third-order valence-corrected chi connectivity index (χ3v) is 6.12. The van der Waals surface area contributed by atoms with Gasteiger partial charge < -0.3 is 14.8 Å². The summed E-state index contributed by atoms with van der Waals surface area (Å²) in [5.41, 5.74) is 1.15. The summed E-state index contributed by atoms with van der Waals surface area (Å²) in [7, 11) is 1.59. The number of alkyl halides is 3. The Morgan fingerprint density at radius 2 is 1.91 bits per heavy atom. The van der Waals surface area contributed by atoms with E-state index >= 15 is 0 Å². The van der Waals surface area contributed by atoms with Crippen molar-refractivity contribution in [3.8, 4) is 0 Å². The minimum Gasteiger partial charge on any atom is -0.381 e. The predicted molar refractivity (Wildman–Crippen MR) is 130 cm³/mol. The molecule has 1 aliphatic rings. The molecule has 0 bridgehead atoms. The molecule has 10 heteroatoms. The standard InChI is InChI=1S/C17H19ClF3N3.C8H14O3/c1-3-6-14-13(4-2)15(24-16(18)23-14)22-10-11-7-5-8-12(9-11)17(19,20)21;1-7(9)8(10-2)3-5-11-6-4-8/h5,7-9H,3-4,6,10H2,1-2H3,(H,22,23,24);3-6H2,1-2H3. The van der Waals surface area contributed by atoms with Crippen molar-refractivity contribution in [2.45, 2.75) is 71.2 Å². The van der Waals surface area contributed by atoms with Crippen LogP contribution in [0.3, 0.4) is 0 Å². The van der Waals surface area contributed by atoms with Crippen LogP contribution in [0.25, 0.3) is 0 Å². The molecule has 1 N–H and O–H groups in total. The van der Waals surface area contributed by atoms with Crippen LogP contribution < -0.4 is 5.32 Å². The lowest BCUT2D eigenvalue weighted by molar-refractivity contribution is -0.150. The molecule has 3 rings (SSSR count). The zero-order chi connectivity index (χ0) is 26.1. The second-order valence-corrected chi connectivity index (χ2v) is 8.63. The van der Waals surface area contributed by atoms with Crippen LogP contribution in [-0.2, 0) is 39.8 Å². The van der Waals surface area contributed by atoms with Crippen LogP contribution in [0.4, 0.5) is 19.0 Å². The van der Waals surface area contributed by atoms with Crippen LogP contribution in [-0.4, -0.2) is 41.7 Å². The molecule has 1 aromatic heterocycles. The number of ketones is 1. The fraction of sp³-hybridized carbons (Fsp3) is 0.560. The van der Waals surface area contributed by atoms with Crippen LogP contribution in [0.5, 0.6) is 0 Å². The van der Waals surface area contributed by atoms with Gasteiger partial charge in [-0.1, -0.05) is 32.4 Å². The van der Waals surface area contributed by atoms with Crippen LogP contribution in [0.1, 0.15) is 62.4 Å². The number of halogens is 4. The van der Waals surface area contributed by atoms with Gasteiger partial charge in [-0.2, -0.15) is 13.2 Å². The van der Waals surface area contributed by atoms with Crippen molar-refractivity contribution >= 4 is 23.2 Å². The van der Waals surface area contributed by atoms with E-state index in [2.05, 4.69) is 15.3 Å². The van der Waals surface area contributed by atoms with Crippen LogP contribution in [0, 0.1) is 0 Å². The molecular formula is C25H33ClF3N3O3. The summed E-state index contributed by atoms with van der Waals surface area (Å²) in [6.07, 6.45) is -0.538. The van der Waals surface area contributed by atoms with Gasteiger partial charge >= 0.3 is 6.18 Å². The van der Waals surface area contributed by atoms with Gasteiger partial charge in [0.25, 0.3) is 0 Å². The summed E-state index contributed by atoms with van der Waals surface area (Å²) in [4.78, 5) is 19.6. The number of methoxy groups -OCH3 is 1. The first kappa shape index (κ1) is 29.0. The molecule has 194 valence electrons. The number of rotatable bonds is 8. The van der Waals surface area contributed by atoms with E-state index in [1.807, 2.05) is 13.8 Å². The molecule has 0 atom stereocenters. The average Bonchev–Trinajstić information content (AvgIpc) is 2.83. The maximum Gasteiger partial charge on any atom is 0.416 e. The van der Waals surface area contributed by atoms with Crippen molar-refractivity contribution < 1.29 is 27.4 Å². The van der Waals surface area contributed by atoms with E-state index in [0.717, 1.165) is 42.7 Å². The van der Waals surface area contributed by atoms with Crippen molar-refractivity contribution in [1.82, 2.24) is 9.97 Å². The van der Waals surface area contributed by atoms with E-state index in [1.165, 1.54) is 6.07 Å². The first-order chi connectivity index (χ1) is 16.6. The number of ether oxygens (including phenoxy) is 2. The summed E-state index contributed by atoms with van der Waals surface area (Å²) >= 11 is 5.97. The van der Waals surface area contributed by atoms with Gasteiger partial charge in [-0.25, -0.2) is 9.97 Å². The monoisotopic (exact) mass is 515 g/mol. The van der Waals surface area contributed by atoms with Crippen molar-refractivity contribution in [3.05, 3.63) is 51.9 Å². The second kappa shape index (κ2) is 13.2. The van der Waals surface area contributed by atoms with E-state index in [0.29, 0.717) is 37.4 Å². The molecular weight excluding hydrogens is 483 g/mol. The van der Waals surface area contributed by atoms with E-state index < -0.39 is 17.3 Å². The Morgan fingerprint density at radius 3 is 2.43 bits per heavy atom. The lowest BCUT2D eigenvalue weighted by Crippen LogP contribution is -2.44. The second-order valence-electron chi connectivity index (χ2n) is 8.29. The molecule has 1 saturated heterocycles. The highest BCUT2D eigenvalue weighted by Gasteiger charge is 2.37. The number of nitrogens with one attached hydrogen (secondary N) is 1. The van der Waals surface area contributed by atoms with Gasteiger partial charge in [-0.15, -0.1) is 0 Å². The maximum absolute atomic E-state index is 12.8. The van der Waals surface area contributed by atoms with E-state index in [-0.39, 0.29) is 17.6 Å². The first-order valence-electron chi connectivity index (χ1n) is 11.7. The van der Waals surface area contributed by atoms with E-state index in [1.54, 1.807) is 20.1 Å². The molecule has 2 heterocycles. The molecule has 6 nitrogen and oxygen atoms in total. The Balaban J connectivity index is 0.000000328. The molecule has 35 heavy (non-hydrogen) atoms. The molecule has 0 spiro atoms. The number of aromatic nitrogens is 2. The predicted octanol–water partition coefficient (Wildman–Crippen LogP) is 6.05. The Labute approximate surface area is 209 Å². The van der Waals surface area contributed by atoms with Gasteiger partial charge in [0, 0.05) is 45.3 Å². The van der Waals surface area contributed by atoms with Gasteiger partial charge in [0.1, 0.15) is 11.4 Å². The van der Waals surface area contributed by atoms with Gasteiger partial charge in [-0.3, -0.25) is 4.79 Å². The molecule has 0 saturated carbocycles. The van der Waals surface area contributed by atoms with Crippen LogP contribution in [0.2, 0.25) is 5.28 Å². The normalized spacial score (nSPS) is 15.2. The number of carbonyl (C=O) groups is 1. The molecule has 2 aromatic rings. The zero-order valence-corrected chi connectivity index (χ0v) is 21.4. The number of hydrogen-bond acceptors (Lipinski definition) is 6. The zero-order valence-electron chi connectivity index (χ0n) is 20.6. The highest BCUT2D eigenvalue weighted by atomic mass is 35.5. The van der Waals surface area contributed by atoms with Gasteiger partial charge in [0.2, 0.25) is 5.28 Å². The molecule has 1 fully saturated rings. The fourth-order valence-electron chi connectivity index (χ4n) is 3.91. The van der Waals surface area contributed by atoms with Crippen LogP contribution >= 0.6 is 11.6 Å². The summed E-state index contributed by atoms with van der Waals surface area (Å²) < 4.78 is 48.7. The topological polar surface area (TPSA) is 73.3 Å². The minimum atomic E-state index is -4.35. The number of benzene rings is 1. The third-order valence-electron chi connectivity index (χ3n) is 5.95. The van der Waals surface area contributed by atoms with Gasteiger partial charge in [0.15, 0.2) is 5.78 Å². The summed E-state index contributed by atoms with van der Waals surface area (Å²) in [5.74, 6) is 0.696. The fourth-order valence-corrected chi connectivity index (χ4v) is 4.09. The number of hydrogen-bond donors (Lipinski definition) is 1. The molecule has 1 aliphatic heterocycles. The molecule has 0 radical (unpaired) electrons. The molecule has 0 aliphatic carbocycles. The Morgan fingerprint density at radius 1 is 1.23 bits per heavy atom. The van der Waals surface area contributed by atoms with Crippen molar-refractivity contribution in [1.29, 1.82) is 0 Å². The smallest absolute Gasteiger partial charge is 0.381 e. The van der Waals surface area contributed by atoms with E-state index in [4.69, 9.17) is 21.1 Å². The number of aryl methyl sites for hydroxylation is 1. The summed E-state index contributed by atoms with van der Waals surface area (Å²) in [5, 5.41) is 3.24. The Kier molecular flexibility index (Phi) is 10.9. The number of nitrogens with zero attached hydrogens (tertiary/aromatic N) is 2. The highest BCUT2D eigenvalue weighted by Crippen LogP contribution is 2.30. The minimum absolute atomic E-state index is 0.114. The van der Waals surface area contributed by atoms with E-state index in [9.17, 15) is 18.0 Å². The Bertz CT molecular complexity index is 980. The largest absolute Gasteiger partial charge is 0.416 e. The number of Topliss-reactive ketones (excluding diaryl/α,β-unsaturated/α-hetero) is 1.